The van der Waals surface area contributed by atoms with E-state index in [2.05, 4.69) is 18.9 Å². The van der Waals surface area contributed by atoms with Crippen LogP contribution in [0.1, 0.15) is 35.1 Å². The summed E-state index contributed by atoms with van der Waals surface area (Å²) in [5.74, 6) is 0. The molecule has 2 aromatic rings. The van der Waals surface area contributed by atoms with E-state index in [1.54, 1.807) is 0 Å². The van der Waals surface area contributed by atoms with Gasteiger partial charge >= 0.3 is 0 Å². The van der Waals surface area contributed by atoms with Gasteiger partial charge in [0.15, 0.2) is 0 Å². The zero-order chi connectivity index (χ0) is 13.1. The van der Waals surface area contributed by atoms with E-state index in [1.165, 1.54) is 0 Å². The van der Waals surface area contributed by atoms with Crippen molar-refractivity contribution in [2.75, 3.05) is 0 Å². The van der Waals surface area contributed by atoms with E-state index in [0.717, 1.165) is 41.8 Å². The van der Waals surface area contributed by atoms with Crippen LogP contribution in [-0.4, -0.2) is 16.1 Å². The number of rotatable bonds is 4. The van der Waals surface area contributed by atoms with Crippen LogP contribution in [0.5, 0.6) is 0 Å². The molecule has 0 amide bonds. The molecular formula is C15H18N2O. The lowest BCUT2D eigenvalue weighted by Gasteiger charge is -2.04. The normalized spacial score (nSPS) is 10.6. The molecule has 94 valence electrons. The molecule has 0 saturated carbocycles. The first kappa shape index (κ1) is 12.6. The number of carbonyl (C=O) groups excluding carboxylic acids is 1. The van der Waals surface area contributed by atoms with Crippen molar-refractivity contribution in [2.45, 2.75) is 33.7 Å². The Labute approximate surface area is 107 Å². The molecule has 3 heteroatoms. The fourth-order valence-electron chi connectivity index (χ4n) is 2.31. The summed E-state index contributed by atoms with van der Waals surface area (Å²) in [5.41, 5.74) is 5.10. The highest BCUT2D eigenvalue weighted by Gasteiger charge is 2.13. The Morgan fingerprint density at radius 2 is 2.11 bits per heavy atom. The van der Waals surface area contributed by atoms with Crippen molar-refractivity contribution in [3.05, 3.63) is 41.2 Å². The Morgan fingerprint density at radius 1 is 1.33 bits per heavy atom. The summed E-state index contributed by atoms with van der Waals surface area (Å²) < 4.78 is 2.04. The number of benzene rings is 1. The van der Waals surface area contributed by atoms with Crippen molar-refractivity contribution < 1.29 is 4.79 Å². The number of aromatic nitrogens is 2. The van der Waals surface area contributed by atoms with E-state index in [4.69, 9.17) is 0 Å². The van der Waals surface area contributed by atoms with E-state index in [-0.39, 0.29) is 0 Å². The van der Waals surface area contributed by atoms with Gasteiger partial charge in [-0.2, -0.15) is 5.10 Å². The number of hydrogen-bond donors (Lipinski definition) is 0. The van der Waals surface area contributed by atoms with Gasteiger partial charge in [-0.3, -0.25) is 9.48 Å². The molecule has 0 unspecified atom stereocenters. The maximum Gasteiger partial charge on any atom is 0.150 e. The minimum Gasteiger partial charge on any atom is -0.298 e. The van der Waals surface area contributed by atoms with Gasteiger partial charge < -0.3 is 0 Å². The molecule has 0 fully saturated rings. The first-order valence-electron chi connectivity index (χ1n) is 6.27. The van der Waals surface area contributed by atoms with Crippen molar-refractivity contribution in [2.24, 2.45) is 0 Å². The second kappa shape index (κ2) is 5.17. The molecule has 1 heterocycles. The van der Waals surface area contributed by atoms with Crippen LogP contribution in [-0.2, 0) is 6.54 Å². The molecule has 0 atom stereocenters. The molecule has 18 heavy (non-hydrogen) atoms. The number of nitrogens with zero attached hydrogens (tertiary/aromatic N) is 2. The summed E-state index contributed by atoms with van der Waals surface area (Å²) in [6.45, 7) is 7.17. The summed E-state index contributed by atoms with van der Waals surface area (Å²) >= 11 is 0. The number of carbonyl (C=O) groups is 1. The molecule has 1 aromatic carbocycles. The average Bonchev–Trinajstić information content (AvgIpc) is 2.65. The van der Waals surface area contributed by atoms with E-state index >= 15 is 0 Å². The highest BCUT2D eigenvalue weighted by atomic mass is 16.1. The Bertz CT molecular complexity index is 570. The molecule has 0 aliphatic carbocycles. The molecule has 0 bridgehead atoms. The predicted octanol–water partition coefficient (Wildman–Crippen LogP) is 3.39. The summed E-state index contributed by atoms with van der Waals surface area (Å²) in [4.78, 5) is 10.8. The Balaban J connectivity index is 2.52. The van der Waals surface area contributed by atoms with Gasteiger partial charge in [0, 0.05) is 23.4 Å². The van der Waals surface area contributed by atoms with Crippen molar-refractivity contribution in [1.82, 2.24) is 9.78 Å². The van der Waals surface area contributed by atoms with Gasteiger partial charge in [0.25, 0.3) is 0 Å². The summed E-state index contributed by atoms with van der Waals surface area (Å²) in [5, 5.41) is 4.56. The van der Waals surface area contributed by atoms with E-state index in [0.29, 0.717) is 5.56 Å². The fourth-order valence-corrected chi connectivity index (χ4v) is 2.31. The minimum absolute atomic E-state index is 0.703. The molecule has 1 aromatic heterocycles. The molecule has 0 saturated heterocycles. The van der Waals surface area contributed by atoms with Crippen LogP contribution in [0.15, 0.2) is 24.3 Å². The highest BCUT2D eigenvalue weighted by molar-refractivity contribution is 5.79. The lowest BCUT2D eigenvalue weighted by molar-refractivity contribution is 0.112. The third-order valence-corrected chi connectivity index (χ3v) is 3.13. The van der Waals surface area contributed by atoms with E-state index in [9.17, 15) is 4.79 Å². The van der Waals surface area contributed by atoms with Crippen LogP contribution < -0.4 is 0 Å². The third kappa shape index (κ3) is 2.21. The molecule has 0 N–H and O–H groups in total. The lowest BCUT2D eigenvalue weighted by Crippen LogP contribution is -2.01. The first-order chi connectivity index (χ1) is 8.67. The first-order valence-corrected chi connectivity index (χ1v) is 6.27. The van der Waals surface area contributed by atoms with Crippen LogP contribution in [0.25, 0.3) is 11.1 Å². The van der Waals surface area contributed by atoms with Crippen LogP contribution in [0.4, 0.5) is 0 Å². The van der Waals surface area contributed by atoms with Gasteiger partial charge in [-0.05, 0) is 31.9 Å². The Kier molecular flexibility index (Phi) is 3.60. The van der Waals surface area contributed by atoms with Crippen LogP contribution in [0.3, 0.4) is 0 Å². The van der Waals surface area contributed by atoms with Crippen molar-refractivity contribution in [1.29, 1.82) is 0 Å². The third-order valence-electron chi connectivity index (χ3n) is 3.13. The van der Waals surface area contributed by atoms with Crippen molar-refractivity contribution in [3.8, 4) is 11.1 Å². The van der Waals surface area contributed by atoms with Crippen molar-refractivity contribution in [3.63, 3.8) is 0 Å². The van der Waals surface area contributed by atoms with E-state index < -0.39 is 0 Å². The molecule has 0 radical (unpaired) electrons. The number of hydrogen-bond acceptors (Lipinski definition) is 2. The van der Waals surface area contributed by atoms with Gasteiger partial charge in [0.2, 0.25) is 0 Å². The molecule has 0 spiro atoms. The van der Waals surface area contributed by atoms with Crippen LogP contribution in [0, 0.1) is 13.8 Å². The SMILES string of the molecule is CCCn1nc(C)c(-c2cccc(C=O)c2)c1C. The standard InChI is InChI=1S/C15H18N2O/c1-4-8-17-12(3)15(11(2)16-17)14-7-5-6-13(9-14)10-18/h5-7,9-10H,4,8H2,1-3H3. The Hall–Kier alpha value is -1.90. The predicted molar refractivity (Wildman–Crippen MR) is 72.8 cm³/mol. The monoisotopic (exact) mass is 242 g/mol. The zero-order valence-electron chi connectivity index (χ0n) is 11.1. The summed E-state index contributed by atoms with van der Waals surface area (Å²) in [6.07, 6.45) is 1.94. The molecule has 0 aliphatic rings. The molecule has 3 nitrogen and oxygen atoms in total. The molecule has 0 aliphatic heterocycles. The number of aryl methyl sites for hydroxylation is 2. The zero-order valence-corrected chi connectivity index (χ0v) is 11.1. The van der Waals surface area contributed by atoms with Gasteiger partial charge in [0.05, 0.1) is 5.69 Å². The van der Waals surface area contributed by atoms with Crippen LogP contribution in [0.2, 0.25) is 0 Å². The molecule has 2 rings (SSSR count). The minimum atomic E-state index is 0.703. The molecular weight excluding hydrogens is 224 g/mol. The average molecular weight is 242 g/mol. The number of aldehydes is 1. The van der Waals surface area contributed by atoms with Gasteiger partial charge in [-0.1, -0.05) is 25.1 Å². The summed E-state index contributed by atoms with van der Waals surface area (Å²) in [6, 6.07) is 7.67. The lowest BCUT2D eigenvalue weighted by atomic mass is 10.0. The van der Waals surface area contributed by atoms with Gasteiger partial charge in [-0.25, -0.2) is 0 Å². The second-order valence-electron chi connectivity index (χ2n) is 4.51. The topological polar surface area (TPSA) is 34.9 Å². The van der Waals surface area contributed by atoms with Crippen LogP contribution >= 0.6 is 0 Å². The van der Waals surface area contributed by atoms with Crippen molar-refractivity contribution >= 4 is 6.29 Å². The van der Waals surface area contributed by atoms with Gasteiger partial charge in [-0.15, -0.1) is 0 Å². The quantitative estimate of drug-likeness (QED) is 0.770. The van der Waals surface area contributed by atoms with E-state index in [1.807, 2.05) is 35.9 Å². The highest BCUT2D eigenvalue weighted by Crippen LogP contribution is 2.27. The maximum absolute atomic E-state index is 10.8. The maximum atomic E-state index is 10.8. The second-order valence-corrected chi connectivity index (χ2v) is 4.51. The summed E-state index contributed by atoms with van der Waals surface area (Å²) in [7, 11) is 0. The Morgan fingerprint density at radius 3 is 2.78 bits per heavy atom. The fraction of sp³-hybridized carbons (Fsp3) is 0.333. The van der Waals surface area contributed by atoms with Gasteiger partial charge in [0.1, 0.15) is 6.29 Å². The largest absolute Gasteiger partial charge is 0.298 e. The smallest absolute Gasteiger partial charge is 0.150 e.